The van der Waals surface area contributed by atoms with Crippen molar-refractivity contribution in [1.82, 2.24) is 9.78 Å². The van der Waals surface area contributed by atoms with E-state index in [-0.39, 0.29) is 0 Å². The molecule has 0 bridgehead atoms. The van der Waals surface area contributed by atoms with Gasteiger partial charge in [0.1, 0.15) is 0 Å². The average Bonchev–Trinajstić information content (AvgIpc) is 2.63. The lowest BCUT2D eigenvalue weighted by Gasteiger charge is -1.97. The predicted molar refractivity (Wildman–Crippen MR) is 39.6 cm³/mol. The standard InChI is InChI=1S/C8H12N2/c1-5-9-10(6-1)7-4-8-2-3-8/h1,5-6,8H,2-4,7H2. The first-order chi connectivity index (χ1) is 4.95. The van der Waals surface area contributed by atoms with Crippen LogP contribution in [0.15, 0.2) is 18.5 Å². The molecule has 0 saturated heterocycles. The second-order valence-corrected chi connectivity index (χ2v) is 3.00. The molecule has 1 heterocycles. The van der Waals surface area contributed by atoms with Gasteiger partial charge in [-0.2, -0.15) is 5.10 Å². The van der Waals surface area contributed by atoms with E-state index < -0.39 is 0 Å². The number of hydrogen-bond donors (Lipinski definition) is 0. The molecule has 0 unspecified atom stereocenters. The van der Waals surface area contributed by atoms with Gasteiger partial charge in [-0.1, -0.05) is 12.8 Å². The third-order valence-electron chi connectivity index (χ3n) is 2.02. The Bertz CT molecular complexity index is 187. The van der Waals surface area contributed by atoms with Gasteiger partial charge < -0.3 is 0 Å². The normalized spacial score (nSPS) is 17.6. The van der Waals surface area contributed by atoms with Crippen LogP contribution < -0.4 is 0 Å². The molecular weight excluding hydrogens is 124 g/mol. The summed E-state index contributed by atoms with van der Waals surface area (Å²) in [6, 6.07) is 1.98. The van der Waals surface area contributed by atoms with Gasteiger partial charge in [-0.15, -0.1) is 0 Å². The van der Waals surface area contributed by atoms with E-state index >= 15 is 0 Å². The highest BCUT2D eigenvalue weighted by Crippen LogP contribution is 2.32. The monoisotopic (exact) mass is 136 g/mol. The van der Waals surface area contributed by atoms with Crippen LogP contribution in [0.4, 0.5) is 0 Å². The minimum absolute atomic E-state index is 1.02. The van der Waals surface area contributed by atoms with E-state index in [4.69, 9.17) is 0 Å². The van der Waals surface area contributed by atoms with Crippen LogP contribution >= 0.6 is 0 Å². The molecule has 0 radical (unpaired) electrons. The van der Waals surface area contributed by atoms with Crippen LogP contribution in [0.3, 0.4) is 0 Å². The van der Waals surface area contributed by atoms with Gasteiger partial charge in [0, 0.05) is 18.9 Å². The molecule has 1 aliphatic rings. The average molecular weight is 136 g/mol. The fourth-order valence-corrected chi connectivity index (χ4v) is 1.15. The summed E-state index contributed by atoms with van der Waals surface area (Å²) in [4.78, 5) is 0. The van der Waals surface area contributed by atoms with E-state index in [0.717, 1.165) is 12.5 Å². The lowest BCUT2D eigenvalue weighted by Crippen LogP contribution is -1.98. The van der Waals surface area contributed by atoms with Crippen molar-refractivity contribution in [3.05, 3.63) is 18.5 Å². The van der Waals surface area contributed by atoms with Crippen LogP contribution in [0, 0.1) is 5.92 Å². The number of hydrogen-bond acceptors (Lipinski definition) is 1. The van der Waals surface area contributed by atoms with Gasteiger partial charge in [0.25, 0.3) is 0 Å². The van der Waals surface area contributed by atoms with Crippen molar-refractivity contribution < 1.29 is 0 Å². The quantitative estimate of drug-likeness (QED) is 0.618. The summed E-state index contributed by atoms with van der Waals surface area (Å²) in [7, 11) is 0. The molecule has 1 aromatic heterocycles. The second-order valence-electron chi connectivity index (χ2n) is 3.00. The van der Waals surface area contributed by atoms with Crippen LogP contribution in [0.25, 0.3) is 0 Å². The molecular formula is C8H12N2. The zero-order chi connectivity index (χ0) is 6.81. The first-order valence-electron chi connectivity index (χ1n) is 3.92. The zero-order valence-electron chi connectivity index (χ0n) is 6.03. The van der Waals surface area contributed by atoms with Crippen molar-refractivity contribution in [2.75, 3.05) is 0 Å². The number of rotatable bonds is 3. The Morgan fingerprint density at radius 3 is 3.00 bits per heavy atom. The first kappa shape index (κ1) is 5.96. The molecule has 0 amide bonds. The van der Waals surface area contributed by atoms with E-state index in [9.17, 15) is 0 Å². The van der Waals surface area contributed by atoms with Gasteiger partial charge in [0.05, 0.1) is 0 Å². The summed E-state index contributed by atoms with van der Waals surface area (Å²) in [6.45, 7) is 1.11. The van der Waals surface area contributed by atoms with Crippen LogP contribution in [-0.4, -0.2) is 9.78 Å². The van der Waals surface area contributed by atoms with E-state index in [1.54, 1.807) is 0 Å². The van der Waals surface area contributed by atoms with Gasteiger partial charge in [-0.25, -0.2) is 0 Å². The Hall–Kier alpha value is -0.790. The lowest BCUT2D eigenvalue weighted by molar-refractivity contribution is 0.547. The molecule has 1 saturated carbocycles. The number of nitrogens with zero attached hydrogens (tertiary/aromatic N) is 2. The minimum atomic E-state index is 1.02. The molecule has 0 atom stereocenters. The highest BCUT2D eigenvalue weighted by molar-refractivity contribution is 4.79. The molecule has 0 N–H and O–H groups in total. The maximum atomic E-state index is 4.13. The Morgan fingerprint density at radius 2 is 2.40 bits per heavy atom. The lowest BCUT2D eigenvalue weighted by atomic mass is 10.3. The van der Waals surface area contributed by atoms with E-state index in [0.29, 0.717) is 0 Å². The third kappa shape index (κ3) is 1.38. The Morgan fingerprint density at radius 1 is 1.50 bits per heavy atom. The van der Waals surface area contributed by atoms with Gasteiger partial charge in [0.2, 0.25) is 0 Å². The maximum absolute atomic E-state index is 4.13. The summed E-state index contributed by atoms with van der Waals surface area (Å²) in [5.74, 6) is 1.02. The van der Waals surface area contributed by atoms with Crippen molar-refractivity contribution in [1.29, 1.82) is 0 Å². The summed E-state index contributed by atoms with van der Waals surface area (Å²) < 4.78 is 2.01. The molecule has 2 rings (SSSR count). The smallest absolute Gasteiger partial charge is 0.0489 e. The number of aromatic nitrogens is 2. The van der Waals surface area contributed by atoms with Crippen molar-refractivity contribution >= 4 is 0 Å². The van der Waals surface area contributed by atoms with Crippen molar-refractivity contribution in [3.63, 3.8) is 0 Å². The van der Waals surface area contributed by atoms with Crippen molar-refractivity contribution in [2.45, 2.75) is 25.8 Å². The van der Waals surface area contributed by atoms with E-state index in [2.05, 4.69) is 5.10 Å². The van der Waals surface area contributed by atoms with Crippen LogP contribution in [0.5, 0.6) is 0 Å². The van der Waals surface area contributed by atoms with Crippen LogP contribution in [0.2, 0.25) is 0 Å². The zero-order valence-corrected chi connectivity index (χ0v) is 6.03. The molecule has 0 aromatic carbocycles. The van der Waals surface area contributed by atoms with Crippen molar-refractivity contribution in [2.24, 2.45) is 5.92 Å². The second kappa shape index (κ2) is 2.45. The summed E-state index contributed by atoms with van der Waals surface area (Å²) >= 11 is 0. The van der Waals surface area contributed by atoms with Gasteiger partial charge >= 0.3 is 0 Å². The largest absolute Gasteiger partial charge is 0.273 e. The third-order valence-corrected chi connectivity index (χ3v) is 2.02. The molecule has 0 spiro atoms. The topological polar surface area (TPSA) is 17.8 Å². The molecule has 1 aliphatic carbocycles. The Kier molecular flexibility index (Phi) is 1.46. The van der Waals surface area contributed by atoms with Crippen LogP contribution in [-0.2, 0) is 6.54 Å². The molecule has 1 aromatic rings. The molecule has 0 aliphatic heterocycles. The number of aryl methyl sites for hydroxylation is 1. The maximum Gasteiger partial charge on any atom is 0.0489 e. The SMILES string of the molecule is c1cnn(CCC2CC2)c1. The fourth-order valence-electron chi connectivity index (χ4n) is 1.15. The highest BCUT2D eigenvalue weighted by atomic mass is 15.3. The fraction of sp³-hybridized carbons (Fsp3) is 0.625. The predicted octanol–water partition coefficient (Wildman–Crippen LogP) is 1.68. The molecule has 2 heteroatoms. The summed E-state index contributed by atoms with van der Waals surface area (Å²) in [5, 5.41) is 4.13. The molecule has 2 nitrogen and oxygen atoms in total. The van der Waals surface area contributed by atoms with E-state index in [1.807, 2.05) is 23.1 Å². The molecule has 10 heavy (non-hydrogen) atoms. The minimum Gasteiger partial charge on any atom is -0.273 e. The highest BCUT2D eigenvalue weighted by Gasteiger charge is 2.20. The summed E-state index contributed by atoms with van der Waals surface area (Å²) in [6.07, 6.45) is 8.08. The summed E-state index contributed by atoms with van der Waals surface area (Å²) in [5.41, 5.74) is 0. The van der Waals surface area contributed by atoms with Crippen molar-refractivity contribution in [3.8, 4) is 0 Å². The van der Waals surface area contributed by atoms with Gasteiger partial charge in [-0.05, 0) is 18.4 Å². The Balaban J connectivity index is 1.79. The van der Waals surface area contributed by atoms with Gasteiger partial charge in [-0.3, -0.25) is 4.68 Å². The molecule has 1 fully saturated rings. The van der Waals surface area contributed by atoms with Crippen LogP contribution in [0.1, 0.15) is 19.3 Å². The Labute approximate surface area is 60.9 Å². The van der Waals surface area contributed by atoms with Gasteiger partial charge in [0.15, 0.2) is 0 Å². The van der Waals surface area contributed by atoms with E-state index in [1.165, 1.54) is 19.3 Å². The molecule has 54 valence electrons. The first-order valence-corrected chi connectivity index (χ1v) is 3.92.